The molecule has 0 bridgehead atoms. The van der Waals surface area contributed by atoms with Gasteiger partial charge in [-0.15, -0.1) is 0 Å². The predicted molar refractivity (Wildman–Crippen MR) is 164 cm³/mol. The van der Waals surface area contributed by atoms with Crippen LogP contribution in [0.3, 0.4) is 0 Å². The number of H-pyrrole nitrogens is 1. The minimum absolute atomic E-state index is 0.215. The normalized spacial score (nSPS) is 15.3. The highest BCUT2D eigenvalue weighted by atomic mass is 19.1. The van der Waals surface area contributed by atoms with Crippen molar-refractivity contribution in [2.75, 3.05) is 25.1 Å². The number of rotatable bonds is 8. The Kier molecular flexibility index (Phi) is 7.70. The fourth-order valence-electron chi connectivity index (χ4n) is 5.65. The largest absolute Gasteiger partial charge is 0.496 e. The molecular weight excluding hydrogens is 547 g/mol. The Hall–Kier alpha value is -5.31. The monoisotopic (exact) mass is 578 g/mol. The molecule has 6 rings (SSSR count). The molecule has 43 heavy (non-hydrogen) atoms. The van der Waals surface area contributed by atoms with Crippen molar-refractivity contribution >= 4 is 28.6 Å². The van der Waals surface area contributed by atoms with E-state index in [1.165, 1.54) is 19.2 Å². The van der Waals surface area contributed by atoms with E-state index in [1.54, 1.807) is 12.1 Å². The maximum absolute atomic E-state index is 14.5. The van der Waals surface area contributed by atoms with Gasteiger partial charge in [0, 0.05) is 41.0 Å². The fraction of sp³-hybridized carbons (Fsp3) is 0.176. The van der Waals surface area contributed by atoms with Gasteiger partial charge in [-0.1, -0.05) is 42.5 Å². The highest BCUT2D eigenvalue weighted by molar-refractivity contribution is 5.96. The lowest BCUT2D eigenvalue weighted by atomic mass is 10.00. The Morgan fingerprint density at radius 1 is 0.977 bits per heavy atom. The molecule has 8 nitrogen and oxygen atoms in total. The van der Waals surface area contributed by atoms with Crippen LogP contribution in [0.1, 0.15) is 34.1 Å². The number of ether oxygens (including phenoxy) is 2. The van der Waals surface area contributed by atoms with Crippen LogP contribution < -0.4 is 20.7 Å². The second kappa shape index (κ2) is 11.9. The molecule has 1 aromatic heterocycles. The topological polar surface area (TPSA) is 110 Å². The summed E-state index contributed by atoms with van der Waals surface area (Å²) in [5.74, 6) is -0.280. The van der Waals surface area contributed by atoms with E-state index >= 15 is 0 Å². The Bertz CT molecular complexity index is 1750. The third-order valence-corrected chi connectivity index (χ3v) is 7.76. The van der Waals surface area contributed by atoms with E-state index in [0.29, 0.717) is 29.1 Å². The summed E-state index contributed by atoms with van der Waals surface area (Å²) < 4.78 is 25.1. The number of carbonyl (C=O) groups excluding carboxylic acids is 2. The van der Waals surface area contributed by atoms with Crippen molar-refractivity contribution in [3.63, 3.8) is 0 Å². The lowest BCUT2D eigenvalue weighted by molar-refractivity contribution is 0.0941. The molecule has 4 N–H and O–H groups in total. The second-order valence-corrected chi connectivity index (χ2v) is 10.5. The third-order valence-electron chi connectivity index (χ3n) is 7.76. The van der Waals surface area contributed by atoms with Crippen LogP contribution >= 0.6 is 0 Å². The number of anilines is 1. The standard InChI is InChI=1S/C34H31FN4O4/c1-42-31-14-11-25(35)19-28(31)32(30-18-23-5-2-3-8-29(23)37-30)38-33(40)24-7-4-6-22(17-24)21-9-12-26(13-10-21)39-16-15-27(20-39)43-34(36)41/h2-14,17-19,27,32,37H,15-16,20H2,1H3,(H2,36,41)(H,38,40)/t27-,32?/m0/s1. The van der Waals surface area contributed by atoms with Crippen molar-refractivity contribution in [2.45, 2.75) is 18.6 Å². The molecule has 0 saturated carbocycles. The zero-order valence-electron chi connectivity index (χ0n) is 23.5. The first-order valence-electron chi connectivity index (χ1n) is 14.0. The van der Waals surface area contributed by atoms with Gasteiger partial charge in [-0.2, -0.15) is 0 Å². The fourth-order valence-corrected chi connectivity index (χ4v) is 5.65. The first kappa shape index (κ1) is 27.8. The van der Waals surface area contributed by atoms with Crippen molar-refractivity contribution in [1.82, 2.24) is 10.3 Å². The number of primary amides is 1. The number of nitrogens with zero attached hydrogens (tertiary/aromatic N) is 1. The van der Waals surface area contributed by atoms with E-state index in [9.17, 15) is 14.0 Å². The molecule has 9 heteroatoms. The molecule has 4 aromatic carbocycles. The van der Waals surface area contributed by atoms with Crippen LogP contribution in [0.4, 0.5) is 14.9 Å². The number of halogens is 1. The number of carbonyl (C=O) groups is 2. The number of nitrogens with two attached hydrogens (primary N) is 1. The zero-order valence-corrected chi connectivity index (χ0v) is 23.5. The number of nitrogens with one attached hydrogen (secondary N) is 2. The highest BCUT2D eigenvalue weighted by Gasteiger charge is 2.26. The molecule has 2 heterocycles. The quantitative estimate of drug-likeness (QED) is 0.204. The predicted octanol–water partition coefficient (Wildman–Crippen LogP) is 6.18. The van der Waals surface area contributed by atoms with Gasteiger partial charge < -0.3 is 30.4 Å². The minimum atomic E-state index is -0.756. The number of hydrogen-bond acceptors (Lipinski definition) is 5. The summed E-state index contributed by atoms with van der Waals surface area (Å²) in [6.07, 6.45) is -0.246. The number of aromatic nitrogens is 1. The van der Waals surface area contributed by atoms with Crippen LogP contribution in [0, 0.1) is 5.82 Å². The molecule has 1 saturated heterocycles. The summed E-state index contributed by atoms with van der Waals surface area (Å²) in [6.45, 7) is 1.35. The number of hydrogen-bond donors (Lipinski definition) is 3. The molecule has 0 radical (unpaired) electrons. The van der Waals surface area contributed by atoms with Crippen molar-refractivity contribution in [3.05, 3.63) is 120 Å². The molecule has 0 spiro atoms. The molecular formula is C34H31FN4O4. The lowest BCUT2D eigenvalue weighted by Gasteiger charge is -2.21. The number of aromatic amines is 1. The zero-order chi connectivity index (χ0) is 29.9. The van der Waals surface area contributed by atoms with Gasteiger partial charge in [-0.05, 0) is 71.1 Å². The molecule has 1 aliphatic heterocycles. The van der Waals surface area contributed by atoms with Crippen LogP contribution in [-0.2, 0) is 4.74 Å². The van der Waals surface area contributed by atoms with Crippen molar-refractivity contribution in [1.29, 1.82) is 0 Å². The van der Waals surface area contributed by atoms with Crippen LogP contribution in [0.2, 0.25) is 0 Å². The molecule has 5 aromatic rings. The van der Waals surface area contributed by atoms with Gasteiger partial charge in [0.25, 0.3) is 5.91 Å². The van der Waals surface area contributed by atoms with Crippen LogP contribution in [0.5, 0.6) is 5.75 Å². The van der Waals surface area contributed by atoms with Gasteiger partial charge in [0.1, 0.15) is 17.7 Å². The first-order valence-corrected chi connectivity index (χ1v) is 14.0. The summed E-state index contributed by atoms with van der Waals surface area (Å²) in [5, 5.41) is 4.08. The Morgan fingerprint density at radius 2 is 1.79 bits per heavy atom. The van der Waals surface area contributed by atoms with Crippen LogP contribution in [0.15, 0.2) is 97.1 Å². The SMILES string of the molecule is COc1ccc(F)cc1C(NC(=O)c1cccc(-c2ccc(N3CC[C@H](OC(N)=O)C3)cc2)c1)c1cc2ccccc2[nH]1. The molecule has 1 unspecified atom stereocenters. The third kappa shape index (κ3) is 6.01. The molecule has 2 atom stereocenters. The summed E-state index contributed by atoms with van der Waals surface area (Å²) in [4.78, 5) is 30.3. The summed E-state index contributed by atoms with van der Waals surface area (Å²) in [5.41, 5.74) is 10.6. The van der Waals surface area contributed by atoms with E-state index < -0.39 is 18.0 Å². The van der Waals surface area contributed by atoms with Crippen molar-refractivity contribution < 1.29 is 23.5 Å². The number of methoxy groups -OCH3 is 1. The summed E-state index contributed by atoms with van der Waals surface area (Å²) in [6, 6.07) is 28.7. The highest BCUT2D eigenvalue weighted by Crippen LogP contribution is 2.33. The Labute approximate surface area is 248 Å². The molecule has 2 amide bonds. The summed E-state index contributed by atoms with van der Waals surface area (Å²) in [7, 11) is 1.52. The van der Waals surface area contributed by atoms with E-state index in [-0.39, 0.29) is 12.0 Å². The Morgan fingerprint density at radius 3 is 2.56 bits per heavy atom. The molecule has 0 aliphatic carbocycles. The van der Waals surface area contributed by atoms with Gasteiger partial charge >= 0.3 is 6.09 Å². The second-order valence-electron chi connectivity index (χ2n) is 10.5. The first-order chi connectivity index (χ1) is 20.9. The number of benzene rings is 4. The van der Waals surface area contributed by atoms with Gasteiger partial charge in [0.2, 0.25) is 0 Å². The van der Waals surface area contributed by atoms with Crippen LogP contribution in [-0.4, -0.2) is 43.3 Å². The maximum Gasteiger partial charge on any atom is 0.404 e. The number of fused-ring (bicyclic) bond motifs is 1. The number of amides is 2. The van der Waals surface area contributed by atoms with Gasteiger partial charge in [-0.25, -0.2) is 9.18 Å². The summed E-state index contributed by atoms with van der Waals surface area (Å²) >= 11 is 0. The van der Waals surface area contributed by atoms with Gasteiger partial charge in [0.15, 0.2) is 0 Å². The maximum atomic E-state index is 14.5. The average Bonchev–Trinajstić information content (AvgIpc) is 3.67. The average molecular weight is 579 g/mol. The molecule has 218 valence electrons. The lowest BCUT2D eigenvalue weighted by Crippen LogP contribution is -2.30. The Balaban J connectivity index is 1.25. The van der Waals surface area contributed by atoms with Crippen molar-refractivity contribution in [3.8, 4) is 16.9 Å². The van der Waals surface area contributed by atoms with E-state index in [4.69, 9.17) is 15.2 Å². The number of para-hydroxylation sites is 1. The smallest absolute Gasteiger partial charge is 0.404 e. The van der Waals surface area contributed by atoms with E-state index in [2.05, 4.69) is 15.2 Å². The van der Waals surface area contributed by atoms with E-state index in [0.717, 1.165) is 40.7 Å². The van der Waals surface area contributed by atoms with Gasteiger partial charge in [0.05, 0.1) is 19.7 Å². The van der Waals surface area contributed by atoms with Crippen molar-refractivity contribution in [2.24, 2.45) is 5.73 Å². The molecule has 1 fully saturated rings. The van der Waals surface area contributed by atoms with Crippen LogP contribution in [0.25, 0.3) is 22.0 Å². The minimum Gasteiger partial charge on any atom is -0.496 e. The molecule has 1 aliphatic rings. The van der Waals surface area contributed by atoms with E-state index in [1.807, 2.05) is 72.8 Å². The van der Waals surface area contributed by atoms with Gasteiger partial charge in [-0.3, -0.25) is 4.79 Å².